The Labute approximate surface area is 102 Å². The first kappa shape index (κ1) is 14.3. The van der Waals surface area contributed by atoms with E-state index in [0.717, 1.165) is 25.2 Å². The molecule has 1 rings (SSSR count). The van der Waals surface area contributed by atoms with Gasteiger partial charge in [0.25, 0.3) is 0 Å². The molecule has 4 heteroatoms. The highest BCUT2D eigenvalue weighted by atomic mass is 19.1. The lowest BCUT2D eigenvalue weighted by molar-refractivity contribution is 0.171. The van der Waals surface area contributed by atoms with E-state index in [4.69, 9.17) is 0 Å². The van der Waals surface area contributed by atoms with E-state index in [1.54, 1.807) is 0 Å². The fourth-order valence-electron chi connectivity index (χ4n) is 1.91. The number of alkyl halides is 1. The molecule has 0 saturated heterocycles. The van der Waals surface area contributed by atoms with Crippen molar-refractivity contribution < 1.29 is 8.78 Å². The number of likely N-dealkylation sites (N-methyl/N-ethyl adjacent to an activating group) is 1. The van der Waals surface area contributed by atoms with Gasteiger partial charge in [0.15, 0.2) is 5.79 Å². The molecule has 0 aromatic rings. The Morgan fingerprint density at radius 2 is 2.06 bits per heavy atom. The van der Waals surface area contributed by atoms with Crippen LogP contribution in [0.1, 0.15) is 20.8 Å². The van der Waals surface area contributed by atoms with Gasteiger partial charge >= 0.3 is 0 Å². The molecule has 0 bridgehead atoms. The van der Waals surface area contributed by atoms with Crippen LogP contribution in [0.25, 0.3) is 0 Å². The minimum Gasteiger partial charge on any atom is -0.300 e. The smallest absolute Gasteiger partial charge is 0.188 e. The molecule has 0 aromatic heterocycles. The Morgan fingerprint density at radius 1 is 1.41 bits per heavy atom. The minimum atomic E-state index is -1.73. The summed E-state index contributed by atoms with van der Waals surface area (Å²) < 4.78 is 26.8. The van der Waals surface area contributed by atoms with E-state index in [1.807, 2.05) is 6.92 Å². The fourth-order valence-corrected chi connectivity index (χ4v) is 1.91. The highest BCUT2D eigenvalue weighted by Crippen LogP contribution is 2.22. The Bertz CT molecular complexity index is 298. The molecule has 0 saturated carbocycles. The van der Waals surface area contributed by atoms with Gasteiger partial charge in [0.1, 0.15) is 5.83 Å². The van der Waals surface area contributed by atoms with Gasteiger partial charge in [0.05, 0.1) is 0 Å². The van der Waals surface area contributed by atoms with Gasteiger partial charge in [0.2, 0.25) is 0 Å². The average molecular weight is 243 g/mol. The van der Waals surface area contributed by atoms with Crippen LogP contribution in [0.4, 0.5) is 8.78 Å². The zero-order valence-corrected chi connectivity index (χ0v) is 10.7. The number of hydrogen-bond acceptors (Lipinski definition) is 2. The van der Waals surface area contributed by atoms with Gasteiger partial charge in [-0.15, -0.1) is 0 Å². The lowest BCUT2D eigenvalue weighted by Gasteiger charge is -2.30. The number of rotatable bonds is 6. The lowest BCUT2D eigenvalue weighted by atomic mass is 10.1. The van der Waals surface area contributed by atoms with Crippen LogP contribution >= 0.6 is 0 Å². The first-order chi connectivity index (χ1) is 8.00. The summed E-state index contributed by atoms with van der Waals surface area (Å²) in [4.78, 5) is 2.24. The van der Waals surface area contributed by atoms with Crippen LogP contribution < -0.4 is 5.32 Å². The summed E-state index contributed by atoms with van der Waals surface area (Å²) in [7, 11) is 0. The molecule has 97 valence electrons. The summed E-state index contributed by atoms with van der Waals surface area (Å²) in [5.41, 5.74) is 0. The maximum Gasteiger partial charge on any atom is 0.188 e. The third kappa shape index (κ3) is 4.21. The molecule has 2 unspecified atom stereocenters. The molecule has 17 heavy (non-hydrogen) atoms. The van der Waals surface area contributed by atoms with Crippen molar-refractivity contribution in [1.82, 2.24) is 10.2 Å². The standard InChI is InChI=1S/C13H21F2N2/c1-4-17(5-2)11(3)10-16-13(15)8-6-12(14)7-9-13/h6-9,11,16H,4-5,10H2,1-3H3. The first-order valence-electron chi connectivity index (χ1n) is 6.09. The van der Waals surface area contributed by atoms with E-state index in [9.17, 15) is 8.78 Å². The number of hydrogen-bond donors (Lipinski definition) is 1. The van der Waals surface area contributed by atoms with Gasteiger partial charge in [-0.3, -0.25) is 10.2 Å². The molecule has 0 spiro atoms. The largest absolute Gasteiger partial charge is 0.300 e. The van der Waals surface area contributed by atoms with Crippen LogP contribution in [0.3, 0.4) is 0 Å². The predicted octanol–water partition coefficient (Wildman–Crippen LogP) is 2.60. The minimum absolute atomic E-state index is 0.246. The maximum absolute atomic E-state index is 14.1. The summed E-state index contributed by atoms with van der Waals surface area (Å²) in [6.45, 7) is 8.60. The maximum atomic E-state index is 14.1. The molecule has 1 N–H and O–H groups in total. The zero-order valence-electron chi connectivity index (χ0n) is 10.7. The van der Waals surface area contributed by atoms with Crippen molar-refractivity contribution in [3.8, 4) is 0 Å². The van der Waals surface area contributed by atoms with Crippen LogP contribution in [0.2, 0.25) is 0 Å². The molecular formula is C13H21F2N2. The Balaban J connectivity index is 2.43. The molecule has 1 aliphatic carbocycles. The lowest BCUT2D eigenvalue weighted by Crippen LogP contribution is -2.48. The van der Waals surface area contributed by atoms with Crippen molar-refractivity contribution >= 4 is 0 Å². The number of nitrogens with zero attached hydrogens (tertiary/aromatic N) is 1. The SMILES string of the molecule is CCN(CC)C(C)CNC1(F)[CH]C=C(F)C=C1. The van der Waals surface area contributed by atoms with E-state index in [-0.39, 0.29) is 6.04 Å². The normalized spacial score (nSPS) is 26.1. The van der Waals surface area contributed by atoms with Gasteiger partial charge in [0, 0.05) is 19.0 Å². The molecule has 1 aliphatic rings. The zero-order chi connectivity index (χ0) is 12.9. The summed E-state index contributed by atoms with van der Waals surface area (Å²) >= 11 is 0. The van der Waals surface area contributed by atoms with E-state index >= 15 is 0 Å². The molecule has 0 amide bonds. The molecule has 0 fully saturated rings. The topological polar surface area (TPSA) is 15.3 Å². The Morgan fingerprint density at radius 3 is 2.53 bits per heavy atom. The summed E-state index contributed by atoms with van der Waals surface area (Å²) in [5.74, 6) is -2.14. The van der Waals surface area contributed by atoms with Gasteiger partial charge in [-0.2, -0.15) is 0 Å². The Kier molecular flexibility index (Phi) is 5.28. The van der Waals surface area contributed by atoms with Crippen molar-refractivity contribution in [2.75, 3.05) is 19.6 Å². The molecular weight excluding hydrogens is 222 g/mol. The number of halogens is 2. The second kappa shape index (κ2) is 6.26. The third-order valence-electron chi connectivity index (χ3n) is 3.07. The molecule has 2 atom stereocenters. The van der Waals surface area contributed by atoms with Gasteiger partial charge in [-0.25, -0.2) is 8.78 Å². The second-order valence-electron chi connectivity index (χ2n) is 4.27. The quantitative estimate of drug-likeness (QED) is 0.721. The molecule has 0 heterocycles. The van der Waals surface area contributed by atoms with E-state index in [0.29, 0.717) is 6.54 Å². The highest BCUT2D eigenvalue weighted by molar-refractivity contribution is 5.30. The molecule has 0 aromatic carbocycles. The average Bonchev–Trinajstić information content (AvgIpc) is 2.33. The molecule has 1 radical (unpaired) electrons. The summed E-state index contributed by atoms with van der Waals surface area (Å²) in [6.07, 6.45) is 4.71. The summed E-state index contributed by atoms with van der Waals surface area (Å²) in [5, 5.41) is 2.81. The van der Waals surface area contributed by atoms with Crippen molar-refractivity contribution in [3.05, 3.63) is 30.5 Å². The van der Waals surface area contributed by atoms with Crippen LogP contribution in [-0.4, -0.2) is 36.4 Å². The Hall–Kier alpha value is -0.740. The first-order valence-corrected chi connectivity index (χ1v) is 6.09. The number of nitrogens with one attached hydrogen (secondary N) is 1. The van der Waals surface area contributed by atoms with Crippen LogP contribution in [0.15, 0.2) is 24.1 Å². The molecule has 2 nitrogen and oxygen atoms in total. The van der Waals surface area contributed by atoms with E-state index in [2.05, 4.69) is 24.1 Å². The van der Waals surface area contributed by atoms with Crippen LogP contribution in [-0.2, 0) is 0 Å². The van der Waals surface area contributed by atoms with E-state index < -0.39 is 11.6 Å². The van der Waals surface area contributed by atoms with E-state index in [1.165, 1.54) is 12.5 Å². The molecule has 0 aliphatic heterocycles. The van der Waals surface area contributed by atoms with Gasteiger partial charge in [-0.05, 0) is 38.2 Å². The van der Waals surface area contributed by atoms with Crippen LogP contribution in [0, 0.1) is 6.42 Å². The van der Waals surface area contributed by atoms with Crippen molar-refractivity contribution in [2.45, 2.75) is 32.6 Å². The van der Waals surface area contributed by atoms with Crippen molar-refractivity contribution in [1.29, 1.82) is 0 Å². The summed E-state index contributed by atoms with van der Waals surface area (Å²) in [6, 6.07) is 0.246. The van der Waals surface area contributed by atoms with Crippen LogP contribution in [0.5, 0.6) is 0 Å². The third-order valence-corrected chi connectivity index (χ3v) is 3.07. The van der Waals surface area contributed by atoms with Gasteiger partial charge < -0.3 is 0 Å². The predicted molar refractivity (Wildman–Crippen MR) is 66.9 cm³/mol. The van der Waals surface area contributed by atoms with Crippen molar-refractivity contribution in [3.63, 3.8) is 0 Å². The fraction of sp³-hybridized carbons (Fsp3) is 0.615. The number of allylic oxidation sites excluding steroid dienone is 2. The highest BCUT2D eigenvalue weighted by Gasteiger charge is 2.28. The monoisotopic (exact) mass is 243 g/mol. The van der Waals surface area contributed by atoms with Crippen molar-refractivity contribution in [2.24, 2.45) is 0 Å². The van der Waals surface area contributed by atoms with Gasteiger partial charge in [-0.1, -0.05) is 13.8 Å². The second-order valence-corrected chi connectivity index (χ2v) is 4.27.